The van der Waals surface area contributed by atoms with Crippen LogP contribution in [0.15, 0.2) is 60.8 Å². The van der Waals surface area contributed by atoms with E-state index in [1.807, 2.05) is 36.4 Å². The second kappa shape index (κ2) is 8.24. The number of nitrogens with one attached hydrogen (secondary N) is 1. The van der Waals surface area contributed by atoms with Gasteiger partial charge in [0, 0.05) is 33.0 Å². The number of halogens is 1. The minimum atomic E-state index is -0.0162. The molecule has 0 aliphatic heterocycles. The van der Waals surface area contributed by atoms with E-state index < -0.39 is 0 Å². The molecule has 5 rings (SSSR count). The molecular weight excluding hydrogens is 422 g/mol. The molecule has 0 saturated heterocycles. The van der Waals surface area contributed by atoms with Gasteiger partial charge in [-0.25, -0.2) is 0 Å². The fourth-order valence-corrected chi connectivity index (χ4v) is 4.05. The molecular formula is C26H22ClN3O2. The predicted octanol–water partition coefficient (Wildman–Crippen LogP) is 5.83. The minimum absolute atomic E-state index is 0.0162. The van der Waals surface area contributed by atoms with Gasteiger partial charge < -0.3 is 10.1 Å². The minimum Gasteiger partial charge on any atom is -0.496 e. The number of benzene rings is 3. The summed E-state index contributed by atoms with van der Waals surface area (Å²) in [5.41, 5.74) is 5.40. The van der Waals surface area contributed by atoms with Gasteiger partial charge in [0.05, 0.1) is 13.3 Å². The van der Waals surface area contributed by atoms with E-state index in [0.29, 0.717) is 22.4 Å². The summed E-state index contributed by atoms with van der Waals surface area (Å²) in [6, 6.07) is 17.8. The van der Waals surface area contributed by atoms with E-state index in [0.717, 1.165) is 51.6 Å². The summed E-state index contributed by atoms with van der Waals surface area (Å²) in [5.74, 6) is 0.631. The van der Waals surface area contributed by atoms with Gasteiger partial charge in [-0.3, -0.25) is 4.79 Å². The lowest BCUT2D eigenvalue weighted by Gasteiger charge is -2.13. The number of ether oxygens (including phenoxy) is 1. The molecule has 32 heavy (non-hydrogen) atoms. The average Bonchev–Trinajstić information content (AvgIpc) is 3.62. The standard InChI is InChI=1S/C26H22ClN3O2/c1-15-3-4-17(26(31)29-20-7-8-20)12-23(15)16-5-9-21-18(11-16)14-28-30-25(21)22-10-6-19(27)13-24(22)32-2/h3-6,9-14,20H,7-8H2,1-2H3,(H,29,31). The van der Waals surface area contributed by atoms with Crippen molar-refractivity contribution in [1.29, 1.82) is 0 Å². The zero-order chi connectivity index (χ0) is 22.2. The summed E-state index contributed by atoms with van der Waals surface area (Å²) >= 11 is 6.13. The van der Waals surface area contributed by atoms with Crippen molar-refractivity contribution in [3.8, 4) is 28.1 Å². The molecule has 160 valence electrons. The molecule has 5 nitrogen and oxygen atoms in total. The Hall–Kier alpha value is -3.44. The third kappa shape index (κ3) is 3.92. The van der Waals surface area contributed by atoms with Gasteiger partial charge in [-0.15, -0.1) is 5.10 Å². The summed E-state index contributed by atoms with van der Waals surface area (Å²) in [6.45, 7) is 2.05. The van der Waals surface area contributed by atoms with Crippen molar-refractivity contribution >= 4 is 28.3 Å². The van der Waals surface area contributed by atoms with Gasteiger partial charge in [-0.1, -0.05) is 29.8 Å². The van der Waals surface area contributed by atoms with Gasteiger partial charge in [-0.2, -0.15) is 5.10 Å². The largest absolute Gasteiger partial charge is 0.496 e. The quantitative estimate of drug-likeness (QED) is 0.421. The lowest BCUT2D eigenvalue weighted by Crippen LogP contribution is -2.25. The van der Waals surface area contributed by atoms with Crippen LogP contribution < -0.4 is 10.1 Å². The Morgan fingerprint density at radius 3 is 2.69 bits per heavy atom. The van der Waals surface area contributed by atoms with Crippen LogP contribution in [-0.2, 0) is 0 Å². The number of hydrogen-bond donors (Lipinski definition) is 1. The highest BCUT2D eigenvalue weighted by molar-refractivity contribution is 6.30. The lowest BCUT2D eigenvalue weighted by atomic mass is 9.95. The molecule has 0 atom stereocenters. The number of rotatable bonds is 5. The average molecular weight is 444 g/mol. The zero-order valence-corrected chi connectivity index (χ0v) is 18.6. The maximum absolute atomic E-state index is 12.5. The van der Waals surface area contributed by atoms with E-state index >= 15 is 0 Å². The van der Waals surface area contributed by atoms with Crippen molar-refractivity contribution in [2.45, 2.75) is 25.8 Å². The van der Waals surface area contributed by atoms with Crippen LogP contribution in [0.2, 0.25) is 5.02 Å². The number of carbonyl (C=O) groups excluding carboxylic acids is 1. The maximum atomic E-state index is 12.5. The van der Waals surface area contributed by atoms with Gasteiger partial charge in [0.15, 0.2) is 0 Å². The number of hydrogen-bond acceptors (Lipinski definition) is 4. The molecule has 1 aliphatic rings. The molecule has 0 radical (unpaired) electrons. The number of amides is 1. The van der Waals surface area contributed by atoms with Crippen LogP contribution in [0, 0.1) is 6.92 Å². The van der Waals surface area contributed by atoms with Crippen LogP contribution >= 0.6 is 11.6 Å². The number of methoxy groups -OCH3 is 1. The van der Waals surface area contributed by atoms with E-state index in [4.69, 9.17) is 16.3 Å². The Kier molecular flexibility index (Phi) is 5.27. The topological polar surface area (TPSA) is 64.1 Å². The molecule has 1 aromatic heterocycles. The van der Waals surface area contributed by atoms with E-state index in [1.165, 1.54) is 0 Å². The van der Waals surface area contributed by atoms with Crippen LogP contribution in [0.25, 0.3) is 33.2 Å². The summed E-state index contributed by atoms with van der Waals surface area (Å²) in [7, 11) is 1.61. The smallest absolute Gasteiger partial charge is 0.251 e. The fraction of sp³-hybridized carbons (Fsp3) is 0.192. The number of nitrogens with zero attached hydrogens (tertiary/aromatic N) is 2. The Morgan fingerprint density at radius 1 is 1.06 bits per heavy atom. The normalized spacial score (nSPS) is 13.2. The second-order valence-electron chi connectivity index (χ2n) is 8.12. The molecule has 4 aromatic rings. The van der Waals surface area contributed by atoms with Crippen molar-refractivity contribution in [2.24, 2.45) is 0 Å². The number of fused-ring (bicyclic) bond motifs is 1. The first kappa shape index (κ1) is 20.5. The van der Waals surface area contributed by atoms with Crippen LogP contribution in [-0.4, -0.2) is 29.3 Å². The molecule has 1 amide bonds. The Bertz CT molecular complexity index is 1350. The van der Waals surface area contributed by atoms with Gasteiger partial charge in [0.25, 0.3) is 5.91 Å². The molecule has 1 aliphatic carbocycles. The first-order valence-corrected chi connectivity index (χ1v) is 10.9. The molecule has 0 unspecified atom stereocenters. The molecule has 1 fully saturated rings. The van der Waals surface area contributed by atoms with Crippen LogP contribution in [0.1, 0.15) is 28.8 Å². The first-order valence-electron chi connectivity index (χ1n) is 10.5. The molecule has 1 saturated carbocycles. The number of aromatic nitrogens is 2. The molecule has 6 heteroatoms. The highest BCUT2D eigenvalue weighted by Gasteiger charge is 2.24. The van der Waals surface area contributed by atoms with E-state index in [-0.39, 0.29) is 5.91 Å². The van der Waals surface area contributed by atoms with Gasteiger partial charge in [0.1, 0.15) is 11.4 Å². The Morgan fingerprint density at radius 2 is 1.91 bits per heavy atom. The van der Waals surface area contributed by atoms with Crippen LogP contribution in [0.3, 0.4) is 0 Å². The van der Waals surface area contributed by atoms with Gasteiger partial charge in [-0.05, 0) is 72.9 Å². The highest BCUT2D eigenvalue weighted by Crippen LogP contribution is 2.36. The van der Waals surface area contributed by atoms with E-state index in [2.05, 4.69) is 34.6 Å². The summed E-state index contributed by atoms with van der Waals surface area (Å²) in [5, 5.41) is 14.2. The second-order valence-corrected chi connectivity index (χ2v) is 8.55. The van der Waals surface area contributed by atoms with Crippen molar-refractivity contribution in [3.05, 3.63) is 76.9 Å². The summed E-state index contributed by atoms with van der Waals surface area (Å²) < 4.78 is 5.52. The molecule has 0 bridgehead atoms. The lowest BCUT2D eigenvalue weighted by molar-refractivity contribution is 0.0951. The molecule has 3 aromatic carbocycles. The van der Waals surface area contributed by atoms with Gasteiger partial charge in [0.2, 0.25) is 0 Å². The van der Waals surface area contributed by atoms with Crippen molar-refractivity contribution in [3.63, 3.8) is 0 Å². The van der Waals surface area contributed by atoms with Crippen molar-refractivity contribution in [1.82, 2.24) is 15.5 Å². The fourth-order valence-electron chi connectivity index (χ4n) is 3.89. The third-order valence-corrected chi connectivity index (χ3v) is 6.04. The Balaban J connectivity index is 1.57. The summed E-state index contributed by atoms with van der Waals surface area (Å²) in [6.07, 6.45) is 3.89. The Labute approximate surface area is 191 Å². The number of carbonyl (C=O) groups is 1. The predicted molar refractivity (Wildman–Crippen MR) is 127 cm³/mol. The molecule has 0 spiro atoms. The van der Waals surface area contributed by atoms with Crippen molar-refractivity contribution in [2.75, 3.05) is 7.11 Å². The van der Waals surface area contributed by atoms with E-state index in [9.17, 15) is 4.79 Å². The van der Waals surface area contributed by atoms with E-state index in [1.54, 1.807) is 19.4 Å². The van der Waals surface area contributed by atoms with Crippen LogP contribution in [0.5, 0.6) is 5.75 Å². The number of aryl methyl sites for hydroxylation is 1. The first-order chi connectivity index (χ1) is 15.5. The SMILES string of the molecule is COc1cc(Cl)ccc1-c1nncc2cc(-c3cc(C(=O)NC4CC4)ccc3C)ccc12. The van der Waals surface area contributed by atoms with Gasteiger partial charge >= 0.3 is 0 Å². The summed E-state index contributed by atoms with van der Waals surface area (Å²) in [4.78, 5) is 12.5. The van der Waals surface area contributed by atoms with Crippen LogP contribution in [0.4, 0.5) is 0 Å². The van der Waals surface area contributed by atoms with Crippen molar-refractivity contribution < 1.29 is 9.53 Å². The molecule has 1 N–H and O–H groups in total. The highest BCUT2D eigenvalue weighted by atomic mass is 35.5. The molecule has 1 heterocycles. The third-order valence-electron chi connectivity index (χ3n) is 5.80. The maximum Gasteiger partial charge on any atom is 0.251 e. The zero-order valence-electron chi connectivity index (χ0n) is 17.9. The monoisotopic (exact) mass is 443 g/mol.